The lowest BCUT2D eigenvalue weighted by Gasteiger charge is -2.39. The second-order valence-electron chi connectivity index (χ2n) is 10.3. The molecule has 6 rings (SSSR count). The SMILES string of the molecule is Cc1cc2cc([C@@H](c3nnnn3C[C@@H]3CCCO3)N3CCN(c4ccccc4F)CC3)c(=O)[nH]c2cc1C. The molecule has 2 atom stereocenters. The summed E-state index contributed by atoms with van der Waals surface area (Å²) in [6.45, 7) is 7.87. The van der Waals surface area contributed by atoms with Crippen molar-refractivity contribution in [2.24, 2.45) is 0 Å². The van der Waals surface area contributed by atoms with Crippen molar-refractivity contribution in [3.63, 3.8) is 0 Å². The number of benzene rings is 2. The van der Waals surface area contributed by atoms with Gasteiger partial charge < -0.3 is 14.6 Å². The number of pyridine rings is 1. The van der Waals surface area contributed by atoms with Gasteiger partial charge in [0.05, 0.1) is 18.3 Å². The molecule has 4 aromatic rings. The average Bonchev–Trinajstić information content (AvgIpc) is 3.60. The number of hydrogen-bond donors (Lipinski definition) is 1. The van der Waals surface area contributed by atoms with Crippen molar-refractivity contribution in [3.8, 4) is 0 Å². The molecule has 1 N–H and O–H groups in total. The lowest BCUT2D eigenvalue weighted by atomic mass is 10.00. The van der Waals surface area contributed by atoms with E-state index in [1.165, 1.54) is 6.07 Å². The monoisotopic (exact) mass is 517 g/mol. The van der Waals surface area contributed by atoms with Gasteiger partial charge in [-0.25, -0.2) is 9.07 Å². The van der Waals surface area contributed by atoms with Gasteiger partial charge >= 0.3 is 0 Å². The Labute approximate surface area is 220 Å². The minimum Gasteiger partial charge on any atom is -0.376 e. The summed E-state index contributed by atoms with van der Waals surface area (Å²) in [6.07, 6.45) is 2.03. The molecule has 2 aromatic carbocycles. The molecule has 0 saturated carbocycles. The number of ether oxygens (including phenoxy) is 1. The molecular formula is C28H32FN7O2. The molecule has 2 aromatic heterocycles. The van der Waals surface area contributed by atoms with Crippen LogP contribution in [0.2, 0.25) is 0 Å². The normalized spacial score (nSPS) is 19.3. The van der Waals surface area contributed by atoms with Crippen LogP contribution in [0.1, 0.15) is 41.4 Å². The predicted molar refractivity (Wildman–Crippen MR) is 143 cm³/mol. The Balaban J connectivity index is 1.38. The van der Waals surface area contributed by atoms with Crippen molar-refractivity contribution >= 4 is 16.6 Å². The van der Waals surface area contributed by atoms with Crippen molar-refractivity contribution in [3.05, 3.63) is 81.2 Å². The van der Waals surface area contributed by atoms with E-state index in [1.54, 1.807) is 10.7 Å². The highest BCUT2D eigenvalue weighted by Crippen LogP contribution is 2.30. The topological polar surface area (TPSA) is 92.2 Å². The zero-order valence-electron chi connectivity index (χ0n) is 21.7. The zero-order valence-corrected chi connectivity index (χ0v) is 21.7. The van der Waals surface area contributed by atoms with Crippen molar-refractivity contribution in [2.75, 3.05) is 37.7 Å². The van der Waals surface area contributed by atoms with Crippen LogP contribution < -0.4 is 10.5 Å². The number of tetrazole rings is 1. The first-order valence-electron chi connectivity index (χ1n) is 13.2. The van der Waals surface area contributed by atoms with Crippen molar-refractivity contribution < 1.29 is 9.13 Å². The Bertz CT molecular complexity index is 1500. The first kappa shape index (κ1) is 24.7. The van der Waals surface area contributed by atoms with E-state index < -0.39 is 6.04 Å². The molecule has 198 valence electrons. The number of H-pyrrole nitrogens is 1. The number of aromatic amines is 1. The molecule has 0 bridgehead atoms. The molecule has 9 nitrogen and oxygen atoms in total. The molecule has 0 radical (unpaired) electrons. The van der Waals surface area contributed by atoms with Gasteiger partial charge in [-0.1, -0.05) is 12.1 Å². The first-order valence-corrected chi connectivity index (χ1v) is 13.2. The fourth-order valence-corrected chi connectivity index (χ4v) is 5.64. The van der Waals surface area contributed by atoms with E-state index in [2.05, 4.69) is 43.3 Å². The average molecular weight is 518 g/mol. The van der Waals surface area contributed by atoms with Crippen LogP contribution in [0.3, 0.4) is 0 Å². The lowest BCUT2D eigenvalue weighted by Crippen LogP contribution is -2.49. The van der Waals surface area contributed by atoms with Crippen LogP contribution in [0.4, 0.5) is 10.1 Å². The van der Waals surface area contributed by atoms with Gasteiger partial charge in [0.15, 0.2) is 5.82 Å². The van der Waals surface area contributed by atoms with Crippen LogP contribution in [0.25, 0.3) is 10.9 Å². The Hall–Kier alpha value is -3.63. The second-order valence-corrected chi connectivity index (χ2v) is 10.3. The van der Waals surface area contributed by atoms with Crippen LogP contribution in [0.15, 0.2) is 47.3 Å². The lowest BCUT2D eigenvalue weighted by molar-refractivity contribution is 0.0906. The largest absolute Gasteiger partial charge is 0.376 e. The van der Waals surface area contributed by atoms with Gasteiger partial charge in [-0.05, 0) is 84.0 Å². The smallest absolute Gasteiger partial charge is 0.253 e. The highest BCUT2D eigenvalue weighted by Gasteiger charge is 2.34. The second kappa shape index (κ2) is 10.3. The molecule has 0 amide bonds. The number of hydrogen-bond acceptors (Lipinski definition) is 7. The van der Waals surface area contributed by atoms with Gasteiger partial charge in [0, 0.05) is 43.9 Å². The number of halogens is 1. The number of para-hydroxylation sites is 1. The minimum atomic E-state index is -0.455. The maximum Gasteiger partial charge on any atom is 0.253 e. The molecule has 0 spiro atoms. The van der Waals surface area contributed by atoms with Gasteiger partial charge in [0.2, 0.25) is 0 Å². The van der Waals surface area contributed by atoms with Gasteiger partial charge in [-0.15, -0.1) is 5.10 Å². The molecular weight excluding hydrogens is 485 g/mol. The van der Waals surface area contributed by atoms with E-state index in [0.29, 0.717) is 49.8 Å². The van der Waals surface area contributed by atoms with E-state index in [1.807, 2.05) is 31.2 Å². The van der Waals surface area contributed by atoms with E-state index in [0.717, 1.165) is 41.5 Å². The Morgan fingerprint density at radius 2 is 1.89 bits per heavy atom. The number of rotatable bonds is 6. The summed E-state index contributed by atoms with van der Waals surface area (Å²) in [4.78, 5) is 20.9. The maximum absolute atomic E-state index is 14.5. The van der Waals surface area contributed by atoms with Gasteiger partial charge in [-0.2, -0.15) is 0 Å². The molecule has 2 fully saturated rings. The fourth-order valence-electron chi connectivity index (χ4n) is 5.64. The maximum atomic E-state index is 14.5. The molecule has 2 saturated heterocycles. The van der Waals surface area contributed by atoms with Crippen LogP contribution in [0.5, 0.6) is 0 Å². The predicted octanol–water partition coefficient (Wildman–Crippen LogP) is 3.36. The summed E-state index contributed by atoms with van der Waals surface area (Å²) in [5, 5.41) is 13.7. The first-order chi connectivity index (χ1) is 18.5. The van der Waals surface area contributed by atoms with Crippen LogP contribution in [-0.4, -0.2) is 69.0 Å². The standard InChI is InChI=1S/C28H32FN7O2/c1-18-14-20-16-22(28(37)30-24(20)15-19(18)2)26(27-31-32-33-36(27)17-21-6-5-13-38-21)35-11-9-34(10-12-35)25-8-4-3-7-23(25)29/h3-4,7-8,14-16,21,26H,5-6,9-13,17H2,1-2H3,(H,30,37)/t21-,26-/m0/s1. The van der Waals surface area contributed by atoms with Crippen LogP contribution in [-0.2, 0) is 11.3 Å². The number of aryl methyl sites for hydroxylation is 2. The highest BCUT2D eigenvalue weighted by atomic mass is 19.1. The number of anilines is 1. The summed E-state index contributed by atoms with van der Waals surface area (Å²) in [6, 6.07) is 12.5. The summed E-state index contributed by atoms with van der Waals surface area (Å²) < 4.78 is 22.1. The number of piperazine rings is 1. The Morgan fingerprint density at radius 1 is 1.11 bits per heavy atom. The number of nitrogens with one attached hydrogen (secondary N) is 1. The quantitative estimate of drug-likeness (QED) is 0.419. The Morgan fingerprint density at radius 3 is 2.66 bits per heavy atom. The Kier molecular flexibility index (Phi) is 6.67. The number of nitrogens with zero attached hydrogens (tertiary/aromatic N) is 6. The van der Waals surface area contributed by atoms with Crippen LogP contribution in [0, 0.1) is 19.7 Å². The summed E-state index contributed by atoms with van der Waals surface area (Å²) in [5.74, 6) is 0.392. The van der Waals surface area contributed by atoms with E-state index in [9.17, 15) is 9.18 Å². The van der Waals surface area contributed by atoms with Gasteiger partial charge in [-0.3, -0.25) is 9.69 Å². The van der Waals surface area contributed by atoms with Crippen molar-refractivity contribution in [1.29, 1.82) is 0 Å². The van der Waals surface area contributed by atoms with Gasteiger partial charge in [0.25, 0.3) is 5.56 Å². The van der Waals surface area contributed by atoms with Gasteiger partial charge in [0.1, 0.15) is 11.9 Å². The minimum absolute atomic E-state index is 0.0521. The third-order valence-corrected chi connectivity index (χ3v) is 7.86. The third kappa shape index (κ3) is 4.69. The molecule has 38 heavy (non-hydrogen) atoms. The fraction of sp³-hybridized carbons (Fsp3) is 0.429. The van der Waals surface area contributed by atoms with E-state index in [-0.39, 0.29) is 17.5 Å². The highest BCUT2D eigenvalue weighted by molar-refractivity contribution is 5.81. The summed E-state index contributed by atoms with van der Waals surface area (Å²) in [7, 11) is 0. The van der Waals surface area contributed by atoms with Crippen LogP contribution >= 0.6 is 0 Å². The summed E-state index contributed by atoms with van der Waals surface area (Å²) in [5.41, 5.74) is 4.14. The molecule has 2 aliphatic heterocycles. The molecule has 0 aliphatic carbocycles. The molecule has 0 unspecified atom stereocenters. The number of aromatic nitrogens is 5. The van der Waals surface area contributed by atoms with Crippen molar-refractivity contribution in [2.45, 2.75) is 45.4 Å². The molecule has 10 heteroatoms. The van der Waals surface area contributed by atoms with E-state index in [4.69, 9.17) is 4.74 Å². The third-order valence-electron chi connectivity index (χ3n) is 7.86. The van der Waals surface area contributed by atoms with Crippen molar-refractivity contribution in [1.82, 2.24) is 30.1 Å². The number of fused-ring (bicyclic) bond motifs is 1. The van der Waals surface area contributed by atoms with E-state index >= 15 is 0 Å². The zero-order chi connectivity index (χ0) is 26.2. The molecule has 2 aliphatic rings. The summed E-state index contributed by atoms with van der Waals surface area (Å²) >= 11 is 0. The molecule has 4 heterocycles.